The van der Waals surface area contributed by atoms with E-state index in [-0.39, 0.29) is 11.7 Å². The molecule has 168 valence electrons. The van der Waals surface area contributed by atoms with E-state index in [0.29, 0.717) is 19.5 Å². The molecule has 2 heterocycles. The molecule has 0 bridgehead atoms. The normalized spacial score (nSPS) is 15.1. The predicted molar refractivity (Wildman–Crippen MR) is 121 cm³/mol. The van der Waals surface area contributed by atoms with Crippen LogP contribution in [0.15, 0.2) is 54.7 Å². The van der Waals surface area contributed by atoms with E-state index in [2.05, 4.69) is 9.80 Å². The van der Waals surface area contributed by atoms with Crippen LogP contribution in [0.3, 0.4) is 0 Å². The highest BCUT2D eigenvalue weighted by Gasteiger charge is 2.20. The second-order valence-electron chi connectivity index (χ2n) is 7.99. The lowest BCUT2D eigenvalue weighted by Crippen LogP contribution is -2.46. The van der Waals surface area contributed by atoms with E-state index in [1.54, 1.807) is 13.2 Å². The molecule has 1 fully saturated rings. The number of nitrogens with two attached hydrogens (primary N) is 1. The van der Waals surface area contributed by atoms with E-state index < -0.39 is 0 Å². The Morgan fingerprint density at radius 2 is 1.81 bits per heavy atom. The largest absolute Gasteiger partial charge is 0.497 e. The summed E-state index contributed by atoms with van der Waals surface area (Å²) in [4.78, 5) is 15.7. The minimum absolute atomic E-state index is 0.266. The fourth-order valence-electron chi connectivity index (χ4n) is 3.95. The molecule has 0 radical (unpaired) electrons. The molecule has 2 aromatic carbocycles. The average Bonchev–Trinajstić information content (AvgIpc) is 3.22. The van der Waals surface area contributed by atoms with Crippen LogP contribution in [-0.2, 0) is 11.3 Å². The number of amides is 1. The maximum absolute atomic E-state index is 13.9. The Kier molecular flexibility index (Phi) is 6.82. The Hall–Kier alpha value is -3.23. The molecule has 7 nitrogen and oxygen atoms in total. The first-order valence-corrected chi connectivity index (χ1v) is 10.7. The molecule has 3 aromatic rings. The molecule has 8 heteroatoms. The van der Waals surface area contributed by atoms with Crippen molar-refractivity contribution < 1.29 is 13.9 Å². The number of primary amides is 1. The molecule has 1 amide bonds. The summed E-state index contributed by atoms with van der Waals surface area (Å²) >= 11 is 0. The van der Waals surface area contributed by atoms with Crippen LogP contribution in [0.4, 0.5) is 4.39 Å². The molecule has 32 heavy (non-hydrogen) atoms. The van der Waals surface area contributed by atoms with Gasteiger partial charge in [0.25, 0.3) is 0 Å². The first-order valence-electron chi connectivity index (χ1n) is 10.7. The number of ether oxygens (including phenoxy) is 1. The summed E-state index contributed by atoms with van der Waals surface area (Å²) in [6.45, 7) is 4.95. The molecule has 4 rings (SSSR count). The van der Waals surface area contributed by atoms with Gasteiger partial charge in [0.05, 0.1) is 18.5 Å². The highest BCUT2D eigenvalue weighted by molar-refractivity contribution is 5.73. The van der Waals surface area contributed by atoms with Crippen molar-refractivity contribution in [2.45, 2.75) is 13.0 Å². The summed E-state index contributed by atoms with van der Waals surface area (Å²) in [6.07, 6.45) is 2.40. The Bertz CT molecular complexity index is 1060. The lowest BCUT2D eigenvalue weighted by atomic mass is 10.1. The lowest BCUT2D eigenvalue weighted by Gasteiger charge is -2.34. The van der Waals surface area contributed by atoms with Gasteiger partial charge in [-0.15, -0.1) is 0 Å². The van der Waals surface area contributed by atoms with Gasteiger partial charge in [0, 0.05) is 63.0 Å². The van der Waals surface area contributed by atoms with Crippen molar-refractivity contribution in [3.63, 3.8) is 0 Å². The second-order valence-corrected chi connectivity index (χ2v) is 7.99. The smallest absolute Gasteiger partial charge is 0.218 e. The summed E-state index contributed by atoms with van der Waals surface area (Å²) in [5.74, 6) is 0.231. The molecule has 2 N–H and O–H groups in total. The number of piperazine rings is 1. The van der Waals surface area contributed by atoms with E-state index in [1.165, 1.54) is 12.1 Å². The zero-order chi connectivity index (χ0) is 22.5. The summed E-state index contributed by atoms with van der Waals surface area (Å²) in [5, 5.41) is 4.80. The number of carbonyl (C=O) groups is 1. The highest BCUT2D eigenvalue weighted by Crippen LogP contribution is 2.26. The van der Waals surface area contributed by atoms with Crippen LogP contribution in [0.25, 0.3) is 16.9 Å². The topological polar surface area (TPSA) is 76.6 Å². The van der Waals surface area contributed by atoms with E-state index in [4.69, 9.17) is 15.6 Å². The first kappa shape index (κ1) is 22.0. The van der Waals surface area contributed by atoms with Crippen LogP contribution in [0.5, 0.6) is 5.75 Å². The van der Waals surface area contributed by atoms with Gasteiger partial charge in [0.15, 0.2) is 0 Å². The summed E-state index contributed by atoms with van der Waals surface area (Å²) in [7, 11) is 1.64. The molecular weight excluding hydrogens is 409 g/mol. The Morgan fingerprint density at radius 3 is 2.47 bits per heavy atom. The number of benzene rings is 2. The third-order valence-corrected chi connectivity index (χ3v) is 5.76. The van der Waals surface area contributed by atoms with Crippen LogP contribution < -0.4 is 10.5 Å². The fraction of sp³-hybridized carbons (Fsp3) is 0.333. The standard InChI is InChI=1S/C24H28FN5O2/c1-32-22-7-5-21(6-8-22)30-17-19(24(27-30)18-3-2-4-20(25)15-18)16-29-13-11-28(12-14-29)10-9-23(26)31/h2-8,15,17H,9-14,16H2,1H3,(H2,26,31). The number of halogens is 1. The molecule has 0 atom stereocenters. The summed E-state index contributed by atoms with van der Waals surface area (Å²) in [6, 6.07) is 14.2. The van der Waals surface area contributed by atoms with Gasteiger partial charge in [-0.25, -0.2) is 9.07 Å². The number of aromatic nitrogens is 2. The van der Waals surface area contributed by atoms with Crippen molar-refractivity contribution in [2.75, 3.05) is 39.8 Å². The van der Waals surface area contributed by atoms with Gasteiger partial charge < -0.3 is 15.4 Å². The van der Waals surface area contributed by atoms with Gasteiger partial charge in [0.1, 0.15) is 11.6 Å². The molecule has 0 spiro atoms. The van der Waals surface area contributed by atoms with Crippen LogP contribution in [-0.4, -0.2) is 65.3 Å². The minimum Gasteiger partial charge on any atom is -0.497 e. The van der Waals surface area contributed by atoms with Crippen molar-refractivity contribution in [3.8, 4) is 22.7 Å². The molecule has 0 saturated carbocycles. The molecule has 1 aliphatic rings. The van der Waals surface area contributed by atoms with Gasteiger partial charge >= 0.3 is 0 Å². The quantitative estimate of drug-likeness (QED) is 0.586. The average molecular weight is 438 g/mol. The molecule has 0 unspecified atom stereocenters. The van der Waals surface area contributed by atoms with Gasteiger partial charge in [-0.2, -0.15) is 5.10 Å². The van der Waals surface area contributed by atoms with Crippen LogP contribution >= 0.6 is 0 Å². The zero-order valence-corrected chi connectivity index (χ0v) is 18.2. The molecule has 1 aromatic heterocycles. The zero-order valence-electron chi connectivity index (χ0n) is 18.2. The number of methoxy groups -OCH3 is 1. The fourth-order valence-corrected chi connectivity index (χ4v) is 3.95. The number of nitrogens with zero attached hydrogens (tertiary/aromatic N) is 4. The maximum Gasteiger partial charge on any atom is 0.218 e. The van der Waals surface area contributed by atoms with Crippen molar-refractivity contribution in [2.24, 2.45) is 5.73 Å². The maximum atomic E-state index is 13.9. The van der Waals surface area contributed by atoms with E-state index in [0.717, 1.165) is 54.4 Å². The van der Waals surface area contributed by atoms with Crippen molar-refractivity contribution >= 4 is 5.91 Å². The van der Waals surface area contributed by atoms with Crippen LogP contribution in [0.2, 0.25) is 0 Å². The number of hydrogen-bond acceptors (Lipinski definition) is 5. The third-order valence-electron chi connectivity index (χ3n) is 5.76. The van der Waals surface area contributed by atoms with Crippen LogP contribution in [0.1, 0.15) is 12.0 Å². The van der Waals surface area contributed by atoms with E-state index in [1.807, 2.05) is 41.2 Å². The molecule has 1 saturated heterocycles. The predicted octanol–water partition coefficient (Wildman–Crippen LogP) is 2.68. The van der Waals surface area contributed by atoms with Gasteiger partial charge in [-0.05, 0) is 36.4 Å². The van der Waals surface area contributed by atoms with Gasteiger partial charge in [-0.3, -0.25) is 9.69 Å². The Balaban J connectivity index is 1.55. The SMILES string of the molecule is COc1ccc(-n2cc(CN3CCN(CCC(N)=O)CC3)c(-c3cccc(F)c3)n2)cc1. The van der Waals surface area contributed by atoms with Crippen molar-refractivity contribution in [1.29, 1.82) is 0 Å². The minimum atomic E-state index is -0.282. The molecule has 1 aliphatic heterocycles. The number of carbonyl (C=O) groups excluding carboxylic acids is 1. The third kappa shape index (κ3) is 5.33. The molecular formula is C24H28FN5O2. The second kappa shape index (κ2) is 9.93. The lowest BCUT2D eigenvalue weighted by molar-refractivity contribution is -0.118. The van der Waals surface area contributed by atoms with E-state index >= 15 is 0 Å². The Morgan fingerprint density at radius 1 is 1.09 bits per heavy atom. The van der Waals surface area contributed by atoms with Gasteiger partial charge in [0.2, 0.25) is 5.91 Å². The van der Waals surface area contributed by atoms with Crippen LogP contribution in [0, 0.1) is 5.82 Å². The van der Waals surface area contributed by atoms with E-state index in [9.17, 15) is 9.18 Å². The number of rotatable bonds is 8. The summed E-state index contributed by atoms with van der Waals surface area (Å²) in [5.41, 5.74) is 8.75. The first-order chi connectivity index (χ1) is 15.5. The molecule has 0 aliphatic carbocycles. The Labute approximate surface area is 187 Å². The van der Waals surface area contributed by atoms with Crippen molar-refractivity contribution in [1.82, 2.24) is 19.6 Å². The monoisotopic (exact) mass is 437 g/mol. The highest BCUT2D eigenvalue weighted by atomic mass is 19.1. The van der Waals surface area contributed by atoms with Gasteiger partial charge in [-0.1, -0.05) is 12.1 Å². The summed E-state index contributed by atoms with van der Waals surface area (Å²) < 4.78 is 21.0. The van der Waals surface area contributed by atoms with Crippen molar-refractivity contribution in [3.05, 3.63) is 66.1 Å². The number of hydrogen-bond donors (Lipinski definition) is 1.